The van der Waals surface area contributed by atoms with E-state index in [1.54, 1.807) is 6.26 Å². The molecule has 0 saturated carbocycles. The fourth-order valence-corrected chi connectivity index (χ4v) is 4.80. The van der Waals surface area contributed by atoms with Gasteiger partial charge in [0.25, 0.3) is 6.26 Å². The summed E-state index contributed by atoms with van der Waals surface area (Å²) in [6, 6.07) is 0. The largest absolute Gasteiger partial charge is 0.506 e. The van der Waals surface area contributed by atoms with Crippen LogP contribution in [0.4, 0.5) is 0 Å². The third-order valence-electron chi connectivity index (χ3n) is 3.80. The molecule has 0 fully saturated rings. The third kappa shape index (κ3) is 1.67. The molecule has 0 aromatic heterocycles. The number of benzene rings is 1. The Kier molecular flexibility index (Phi) is 3.15. The Balaban J connectivity index is 2.33. The highest BCUT2D eigenvalue weighted by molar-refractivity contribution is 8.01. The Morgan fingerprint density at radius 3 is 2.42 bits per heavy atom. The van der Waals surface area contributed by atoms with E-state index in [1.807, 2.05) is 12.5 Å². The van der Waals surface area contributed by atoms with Crippen LogP contribution in [0.25, 0.3) is 0 Å². The van der Waals surface area contributed by atoms with Crippen LogP contribution in [-0.4, -0.2) is 17.6 Å². The van der Waals surface area contributed by atoms with E-state index < -0.39 is 0 Å². The molecular formula is C14H13NO2S2. The molecule has 2 aliphatic rings. The molecule has 1 aromatic carbocycles. The van der Waals surface area contributed by atoms with E-state index in [1.165, 1.54) is 23.5 Å². The number of nitriles is 1. The van der Waals surface area contributed by atoms with E-state index in [-0.39, 0.29) is 11.8 Å². The smallest absolute Gasteiger partial charge is 0.292 e. The lowest BCUT2D eigenvalue weighted by molar-refractivity contribution is 0.438. The zero-order valence-corrected chi connectivity index (χ0v) is 12.3. The summed E-state index contributed by atoms with van der Waals surface area (Å²) < 4.78 is 5.25. The van der Waals surface area contributed by atoms with Crippen molar-refractivity contribution >= 4 is 23.5 Å². The first-order chi connectivity index (χ1) is 9.22. The lowest BCUT2D eigenvalue weighted by Gasteiger charge is -2.20. The van der Waals surface area contributed by atoms with Crippen molar-refractivity contribution in [1.29, 1.82) is 5.26 Å². The highest BCUT2D eigenvalue weighted by Gasteiger charge is 2.40. The molecule has 1 N–H and O–H groups in total. The molecule has 19 heavy (non-hydrogen) atoms. The molecule has 0 heterocycles. The second-order valence-corrected chi connectivity index (χ2v) is 6.23. The highest BCUT2D eigenvalue weighted by Crippen LogP contribution is 2.59. The molecule has 0 amide bonds. The van der Waals surface area contributed by atoms with Gasteiger partial charge in [-0.25, -0.2) is 0 Å². The number of nitrogens with zero attached hydrogens (tertiary/aromatic N) is 1. The minimum atomic E-state index is 0.267. The summed E-state index contributed by atoms with van der Waals surface area (Å²) in [7, 11) is 0. The number of fused-ring (bicyclic) bond motifs is 5. The quantitative estimate of drug-likeness (QED) is 0.521. The summed E-state index contributed by atoms with van der Waals surface area (Å²) in [5, 5.41) is 19.4. The Labute approximate surface area is 120 Å². The van der Waals surface area contributed by atoms with E-state index in [9.17, 15) is 5.11 Å². The topological polar surface area (TPSA) is 53.2 Å². The van der Waals surface area contributed by atoms with Crippen molar-refractivity contribution in [3.05, 3.63) is 23.3 Å². The van der Waals surface area contributed by atoms with Gasteiger partial charge in [-0.1, -0.05) is 12.2 Å². The van der Waals surface area contributed by atoms with Gasteiger partial charge >= 0.3 is 0 Å². The van der Waals surface area contributed by atoms with Gasteiger partial charge < -0.3 is 9.84 Å². The maximum absolute atomic E-state index is 10.5. The summed E-state index contributed by atoms with van der Waals surface area (Å²) in [5.41, 5.74) is 1.97. The first-order valence-electron chi connectivity index (χ1n) is 5.97. The molecule has 3 nitrogen and oxygen atoms in total. The first kappa shape index (κ1) is 12.8. The lowest BCUT2D eigenvalue weighted by Crippen LogP contribution is -2.01. The van der Waals surface area contributed by atoms with Crippen LogP contribution in [0.5, 0.6) is 11.5 Å². The van der Waals surface area contributed by atoms with Crippen LogP contribution in [0.2, 0.25) is 0 Å². The molecule has 0 radical (unpaired) electrons. The van der Waals surface area contributed by atoms with E-state index in [0.717, 1.165) is 27.3 Å². The van der Waals surface area contributed by atoms with Gasteiger partial charge in [0.1, 0.15) is 5.75 Å². The van der Waals surface area contributed by atoms with Crippen LogP contribution in [0.3, 0.4) is 0 Å². The van der Waals surface area contributed by atoms with E-state index in [0.29, 0.717) is 11.5 Å². The van der Waals surface area contributed by atoms with Crippen LogP contribution >= 0.6 is 23.5 Å². The van der Waals surface area contributed by atoms with Crippen LogP contribution in [0, 0.1) is 11.5 Å². The molecule has 2 aliphatic carbocycles. The van der Waals surface area contributed by atoms with Crippen molar-refractivity contribution in [1.82, 2.24) is 0 Å². The zero-order chi connectivity index (χ0) is 13.6. The maximum Gasteiger partial charge on any atom is 0.292 e. The summed E-state index contributed by atoms with van der Waals surface area (Å²) in [6.45, 7) is 0. The molecule has 5 heteroatoms. The number of aromatic hydroxyl groups is 1. The van der Waals surface area contributed by atoms with Gasteiger partial charge in [-0.15, -0.1) is 28.8 Å². The normalized spacial score (nSPS) is 22.4. The van der Waals surface area contributed by atoms with Crippen LogP contribution in [0.15, 0.2) is 21.9 Å². The van der Waals surface area contributed by atoms with Crippen molar-refractivity contribution in [2.24, 2.45) is 0 Å². The predicted molar refractivity (Wildman–Crippen MR) is 77.1 cm³/mol. The fourth-order valence-electron chi connectivity index (χ4n) is 3.10. The van der Waals surface area contributed by atoms with Gasteiger partial charge in [-0.2, -0.15) is 0 Å². The van der Waals surface area contributed by atoms with Gasteiger partial charge in [0, 0.05) is 23.0 Å². The van der Waals surface area contributed by atoms with Gasteiger partial charge in [0.2, 0.25) is 0 Å². The number of hydrogen-bond acceptors (Lipinski definition) is 5. The van der Waals surface area contributed by atoms with Gasteiger partial charge in [0.05, 0.1) is 9.79 Å². The monoisotopic (exact) mass is 291 g/mol. The summed E-state index contributed by atoms with van der Waals surface area (Å²) in [4.78, 5) is 1.68. The number of thioether (sulfide) groups is 2. The number of phenolic OH excluding ortho intramolecular Hbond substituents is 1. The zero-order valence-electron chi connectivity index (χ0n) is 10.6. The molecule has 0 aliphatic heterocycles. The van der Waals surface area contributed by atoms with E-state index in [4.69, 9.17) is 10.00 Å². The molecule has 1 aromatic rings. The lowest BCUT2D eigenvalue weighted by atomic mass is 9.95. The van der Waals surface area contributed by atoms with Gasteiger partial charge in [-0.3, -0.25) is 0 Å². The molecule has 3 rings (SSSR count). The molecular weight excluding hydrogens is 278 g/mol. The fraction of sp³-hybridized carbons (Fsp3) is 0.357. The molecule has 0 spiro atoms. The Hall–Kier alpha value is -1.25. The Bertz CT molecular complexity index is 619. The number of phenols is 1. The minimum absolute atomic E-state index is 0.267. The average molecular weight is 291 g/mol. The number of allylic oxidation sites excluding steroid dienone is 2. The summed E-state index contributed by atoms with van der Waals surface area (Å²) in [6.07, 6.45) is 10.9. The van der Waals surface area contributed by atoms with Gasteiger partial charge in [-0.05, 0) is 18.9 Å². The van der Waals surface area contributed by atoms with Crippen molar-refractivity contribution in [2.75, 3.05) is 12.5 Å². The van der Waals surface area contributed by atoms with Crippen molar-refractivity contribution < 1.29 is 9.84 Å². The minimum Gasteiger partial charge on any atom is -0.506 e. The van der Waals surface area contributed by atoms with Crippen molar-refractivity contribution in [2.45, 2.75) is 28.0 Å². The average Bonchev–Trinajstić information content (AvgIpc) is 3.02. The van der Waals surface area contributed by atoms with Crippen LogP contribution in [-0.2, 0) is 0 Å². The first-order valence-corrected chi connectivity index (χ1v) is 8.42. The summed E-state index contributed by atoms with van der Waals surface area (Å²) in [5.74, 6) is 1.55. The standard InChI is InChI=1S/C14H13NO2S2/c1-18-13-11(16)9-7-3-4-8(5-7)10(9)12(17-6-15)14(13)19-2/h3-4,7-8,16H,5H2,1-2H3. The molecule has 0 saturated heterocycles. The molecule has 2 unspecified atom stereocenters. The second-order valence-electron chi connectivity index (χ2n) is 4.60. The van der Waals surface area contributed by atoms with Crippen LogP contribution < -0.4 is 4.74 Å². The third-order valence-corrected chi connectivity index (χ3v) is 5.53. The molecule has 2 atom stereocenters. The van der Waals surface area contributed by atoms with Gasteiger partial charge in [0.15, 0.2) is 5.75 Å². The van der Waals surface area contributed by atoms with E-state index in [2.05, 4.69) is 12.2 Å². The second kappa shape index (κ2) is 4.69. The van der Waals surface area contributed by atoms with E-state index >= 15 is 0 Å². The predicted octanol–water partition coefficient (Wildman–Crippen LogP) is 3.84. The van der Waals surface area contributed by atoms with Crippen molar-refractivity contribution in [3.63, 3.8) is 0 Å². The SMILES string of the molecule is CSc1c(O)c2c(c(OC#N)c1SC)C1C=CC2C1. The van der Waals surface area contributed by atoms with Crippen LogP contribution in [0.1, 0.15) is 29.4 Å². The number of rotatable bonds is 3. The highest BCUT2D eigenvalue weighted by atomic mass is 32.2. The Morgan fingerprint density at radius 1 is 1.21 bits per heavy atom. The Morgan fingerprint density at radius 2 is 1.84 bits per heavy atom. The maximum atomic E-state index is 10.5. The van der Waals surface area contributed by atoms with Crippen molar-refractivity contribution in [3.8, 4) is 17.8 Å². The number of hydrogen-bond donors (Lipinski definition) is 1. The molecule has 2 bridgehead atoms. The number of ether oxygens (including phenoxy) is 1. The molecule has 98 valence electrons. The summed E-state index contributed by atoms with van der Waals surface area (Å²) >= 11 is 3.01.